The van der Waals surface area contributed by atoms with Crippen LogP contribution < -0.4 is 4.74 Å². The maximum absolute atomic E-state index is 7.42. The number of thioether (sulfide) groups is 1. The Morgan fingerprint density at radius 2 is 2.45 bits per heavy atom. The van der Waals surface area contributed by atoms with Crippen molar-refractivity contribution in [3.63, 3.8) is 0 Å². The van der Waals surface area contributed by atoms with E-state index in [9.17, 15) is 0 Å². The van der Waals surface area contributed by atoms with E-state index in [1.54, 1.807) is 7.11 Å². The molecule has 0 unspecified atom stereocenters. The normalized spacial score (nSPS) is 18.0. The zero-order chi connectivity index (χ0) is 9.90. The average Bonchev–Trinajstić information content (AvgIpc) is 2.02. The van der Waals surface area contributed by atoms with Gasteiger partial charge in [0, 0.05) is 7.64 Å². The van der Waals surface area contributed by atoms with Gasteiger partial charge in [-0.3, -0.25) is 0 Å². The number of ether oxygens (including phenoxy) is 1. The highest BCUT2D eigenvalue weighted by Crippen LogP contribution is 2.27. The Bertz CT molecular complexity index is 283. The van der Waals surface area contributed by atoms with Gasteiger partial charge in [-0.1, -0.05) is 19.1 Å². The summed E-state index contributed by atoms with van der Waals surface area (Å²) in [5.74, 6) is 0.721. The van der Waals surface area contributed by atoms with Crippen molar-refractivity contribution < 1.29 is 7.48 Å². The van der Waals surface area contributed by atoms with Gasteiger partial charge in [-0.2, -0.15) is 0 Å². The first-order chi connectivity index (χ1) is 6.03. The molecule has 1 rings (SSSR count). The molecular formula is C9H12OS. The van der Waals surface area contributed by atoms with E-state index in [1.807, 2.05) is 24.3 Å². The average molecular weight is 169 g/mol. The predicted molar refractivity (Wildman–Crippen MR) is 49.4 cm³/mol. The van der Waals surface area contributed by atoms with Crippen molar-refractivity contribution >= 4 is 11.8 Å². The highest BCUT2D eigenvalue weighted by Gasteiger charge is 1.98. The van der Waals surface area contributed by atoms with Crippen LogP contribution in [-0.2, 0) is 0 Å². The second-order valence-electron chi connectivity index (χ2n) is 1.96. The van der Waals surface area contributed by atoms with Gasteiger partial charge in [0.2, 0.25) is 0 Å². The van der Waals surface area contributed by atoms with E-state index in [1.165, 1.54) is 6.92 Å². The Morgan fingerprint density at radius 3 is 3.09 bits per heavy atom. The van der Waals surface area contributed by atoms with E-state index < -0.39 is 5.70 Å². The largest absolute Gasteiger partial charge is 0.496 e. The van der Waals surface area contributed by atoms with Crippen molar-refractivity contribution in [2.75, 3.05) is 12.8 Å². The molecule has 0 fully saturated rings. The third-order valence-electron chi connectivity index (χ3n) is 1.28. The summed E-state index contributed by atoms with van der Waals surface area (Å²) in [6.45, 7) is 1.53. The van der Waals surface area contributed by atoms with Crippen LogP contribution in [0.15, 0.2) is 29.2 Å². The summed E-state index contributed by atoms with van der Waals surface area (Å²) in [6, 6.07) is 7.42. The lowest BCUT2D eigenvalue weighted by atomic mass is 10.3. The second kappa shape index (κ2) is 4.29. The second-order valence-corrected chi connectivity index (χ2v) is 3.01. The van der Waals surface area contributed by atoms with Gasteiger partial charge in [-0.25, -0.2) is 0 Å². The molecule has 1 aromatic rings. The van der Waals surface area contributed by atoms with Crippen LogP contribution in [0.3, 0.4) is 0 Å². The minimum Gasteiger partial charge on any atom is -0.496 e. The van der Waals surface area contributed by atoms with Gasteiger partial charge < -0.3 is 4.74 Å². The van der Waals surface area contributed by atoms with Crippen molar-refractivity contribution in [1.29, 1.82) is 0 Å². The van der Waals surface area contributed by atoms with Crippen LogP contribution in [0.4, 0.5) is 0 Å². The summed E-state index contributed by atoms with van der Waals surface area (Å²) in [7, 11) is 1.59. The van der Waals surface area contributed by atoms with Gasteiger partial charge in [0.15, 0.2) is 0 Å². The van der Waals surface area contributed by atoms with Crippen LogP contribution in [-0.4, -0.2) is 12.8 Å². The van der Waals surface area contributed by atoms with Gasteiger partial charge in [0.1, 0.15) is 5.75 Å². The number of hydrogen-bond acceptors (Lipinski definition) is 2. The van der Waals surface area contributed by atoms with Crippen molar-refractivity contribution in [1.82, 2.24) is 0 Å². The van der Waals surface area contributed by atoms with Crippen LogP contribution in [0.1, 0.15) is 9.67 Å². The maximum Gasteiger partial charge on any atom is 0.132 e. The summed E-state index contributed by atoms with van der Waals surface area (Å²) in [5, 5.41) is 0. The van der Waals surface area contributed by atoms with Gasteiger partial charge in [0.25, 0.3) is 0 Å². The molecule has 0 aliphatic carbocycles. The Balaban J connectivity index is 2.87. The molecule has 2 heteroatoms. The highest BCUT2D eigenvalue weighted by molar-refractivity contribution is 7.99. The zero-order valence-electron chi connectivity index (χ0n) is 8.63. The molecule has 0 saturated carbocycles. The molecule has 0 amide bonds. The Morgan fingerprint density at radius 1 is 1.73 bits per heavy atom. The predicted octanol–water partition coefficient (Wildman–Crippen LogP) is 2.81. The molecule has 0 aromatic heterocycles. The number of rotatable bonds is 3. The SMILES string of the molecule is [1H][C@@]([2H])(C)Sc1ccccc1OC. The first-order valence-corrected chi connectivity index (χ1v) is 4.16. The van der Waals surface area contributed by atoms with Crippen molar-refractivity contribution in [3.8, 4) is 5.75 Å². The molecule has 1 nitrogen and oxygen atoms in total. The fourth-order valence-electron chi connectivity index (χ4n) is 0.813. The minimum absolute atomic E-state index is 0.721. The molecule has 0 N–H and O–H groups in total. The van der Waals surface area contributed by atoms with Gasteiger partial charge >= 0.3 is 0 Å². The monoisotopic (exact) mass is 169 g/mol. The molecule has 1 aromatic carbocycles. The van der Waals surface area contributed by atoms with E-state index in [0.717, 1.165) is 22.4 Å². The molecule has 1 atom stereocenters. The van der Waals surface area contributed by atoms with Gasteiger partial charge in [0.05, 0.1) is 7.11 Å². The fourth-order valence-corrected chi connectivity index (χ4v) is 1.43. The summed E-state index contributed by atoms with van der Waals surface area (Å²) < 4.78 is 19.9. The number of benzene rings is 1. The molecule has 0 bridgehead atoms. The summed E-state index contributed by atoms with van der Waals surface area (Å²) in [4.78, 5) is 0.831. The molecule has 0 spiro atoms. The number of methoxy groups -OCH3 is 1. The zero-order valence-corrected chi connectivity index (χ0v) is 7.44. The summed E-state index contributed by atoms with van der Waals surface area (Å²) >= 11 is 1.16. The van der Waals surface area contributed by atoms with E-state index in [0.29, 0.717) is 0 Å². The van der Waals surface area contributed by atoms with E-state index >= 15 is 0 Å². The molecule has 0 saturated heterocycles. The summed E-state index contributed by atoms with van der Waals surface area (Å²) in [5.41, 5.74) is -1.27. The Hall–Kier alpha value is -0.630. The molecule has 0 aliphatic heterocycles. The van der Waals surface area contributed by atoms with Crippen molar-refractivity contribution in [2.45, 2.75) is 11.8 Å². The topological polar surface area (TPSA) is 9.23 Å². The first-order valence-electron chi connectivity index (χ1n) is 4.35. The number of para-hydroxylation sites is 1. The standard InChI is InChI=1S/C9H12OS/c1-3-11-9-7-5-4-6-8(9)10-2/h4-7H,3H2,1-2H3/i3DH/t3-/m1/s1. The van der Waals surface area contributed by atoms with E-state index in [4.69, 9.17) is 7.48 Å². The van der Waals surface area contributed by atoms with E-state index in [2.05, 4.69) is 0 Å². The Kier molecular flexibility index (Phi) is 2.32. The van der Waals surface area contributed by atoms with Crippen molar-refractivity contribution in [3.05, 3.63) is 24.3 Å². The van der Waals surface area contributed by atoms with Crippen molar-refractivity contribution in [2.24, 2.45) is 0 Å². The third-order valence-corrected chi connectivity index (χ3v) is 2.04. The van der Waals surface area contributed by atoms with Crippen LogP contribution >= 0.6 is 11.8 Å². The molecule has 11 heavy (non-hydrogen) atoms. The molecule has 0 radical (unpaired) electrons. The van der Waals surface area contributed by atoms with E-state index in [-0.39, 0.29) is 0 Å². The highest BCUT2D eigenvalue weighted by atomic mass is 32.2. The molecule has 0 heterocycles. The third kappa shape index (κ3) is 2.15. The van der Waals surface area contributed by atoms with Crippen LogP contribution in [0, 0.1) is 0 Å². The minimum atomic E-state index is -1.27. The van der Waals surface area contributed by atoms with Crippen LogP contribution in [0.5, 0.6) is 5.75 Å². The molecular weight excluding hydrogens is 156 g/mol. The van der Waals surface area contributed by atoms with Crippen LogP contribution in [0.25, 0.3) is 0 Å². The lowest BCUT2D eigenvalue weighted by Gasteiger charge is -2.04. The molecule has 60 valence electrons. The van der Waals surface area contributed by atoms with Gasteiger partial charge in [-0.05, 0) is 17.8 Å². The Labute approximate surface area is 74.6 Å². The lowest BCUT2D eigenvalue weighted by Crippen LogP contribution is -1.84. The fraction of sp³-hybridized carbons (Fsp3) is 0.333. The quantitative estimate of drug-likeness (QED) is 0.643. The summed E-state index contributed by atoms with van der Waals surface area (Å²) in [6.07, 6.45) is 0. The maximum atomic E-state index is 7.42. The van der Waals surface area contributed by atoms with Gasteiger partial charge in [-0.15, -0.1) is 11.8 Å². The number of hydrogen-bond donors (Lipinski definition) is 0. The smallest absolute Gasteiger partial charge is 0.132 e. The molecule has 0 aliphatic rings. The van der Waals surface area contributed by atoms with Crippen LogP contribution in [0.2, 0.25) is 0 Å². The lowest BCUT2D eigenvalue weighted by molar-refractivity contribution is 0.405. The first kappa shape index (κ1) is 5.95.